The number of aliphatic carboxylic acids is 1. The van der Waals surface area contributed by atoms with Gasteiger partial charge in [-0.15, -0.1) is 0 Å². The van der Waals surface area contributed by atoms with Gasteiger partial charge in [-0.3, -0.25) is 4.79 Å². The Bertz CT molecular complexity index is 1160. The van der Waals surface area contributed by atoms with Crippen LogP contribution in [0.25, 0.3) is 11.3 Å². The molecule has 6 N–H and O–H groups in total. The van der Waals surface area contributed by atoms with Gasteiger partial charge in [-0.2, -0.15) is 18.3 Å². The average Bonchev–Trinajstić information content (AvgIpc) is 3.23. The summed E-state index contributed by atoms with van der Waals surface area (Å²) in [5.74, 6) is -1.87. The normalized spacial score (nSPS) is 14.7. The summed E-state index contributed by atoms with van der Waals surface area (Å²) >= 11 is 0. The van der Waals surface area contributed by atoms with Gasteiger partial charge in [0, 0.05) is 18.7 Å². The maximum Gasteiger partial charge on any atom is 0.490 e. The number of nitrogens with zero attached hydrogens (tertiary/aromatic N) is 2. The molecule has 1 aliphatic rings. The van der Waals surface area contributed by atoms with E-state index >= 15 is 0 Å². The van der Waals surface area contributed by atoms with Gasteiger partial charge in [0.15, 0.2) is 0 Å². The minimum atomic E-state index is -5.08. The van der Waals surface area contributed by atoms with Crippen molar-refractivity contribution in [3.8, 4) is 17.0 Å². The maximum absolute atomic E-state index is 12.1. The van der Waals surface area contributed by atoms with Crippen LogP contribution in [-0.4, -0.2) is 46.0 Å². The number of aromatic nitrogens is 2. The Hall–Kier alpha value is -4.06. The molecule has 1 unspecified atom stereocenters. The van der Waals surface area contributed by atoms with E-state index in [1.165, 1.54) is 0 Å². The summed E-state index contributed by atoms with van der Waals surface area (Å²) in [6, 6.07) is 17.5. The first-order chi connectivity index (χ1) is 16.6. The smallest absolute Gasteiger partial charge is 0.489 e. The van der Waals surface area contributed by atoms with Gasteiger partial charge in [0.1, 0.15) is 29.4 Å². The number of hydrogen-bond acceptors (Lipinski definition) is 6. The number of rotatable bonds is 6. The molecule has 3 aromatic rings. The summed E-state index contributed by atoms with van der Waals surface area (Å²) in [7, 11) is 0. The second-order valence-electron chi connectivity index (χ2n) is 7.59. The van der Waals surface area contributed by atoms with E-state index in [0.717, 1.165) is 29.8 Å². The summed E-state index contributed by atoms with van der Waals surface area (Å²) in [6.45, 7) is 1.69. The van der Waals surface area contributed by atoms with Crippen molar-refractivity contribution in [1.82, 2.24) is 9.78 Å². The molecule has 0 saturated heterocycles. The molecule has 2 heterocycles. The van der Waals surface area contributed by atoms with Gasteiger partial charge < -0.3 is 26.6 Å². The minimum Gasteiger partial charge on any atom is -0.489 e. The molecule has 2 aromatic carbocycles. The summed E-state index contributed by atoms with van der Waals surface area (Å²) in [4.78, 5) is 21.0. The molecule has 186 valence electrons. The lowest BCUT2D eigenvalue weighted by atomic mass is 10.1. The number of primary amides is 1. The molecule has 35 heavy (non-hydrogen) atoms. The highest BCUT2D eigenvalue weighted by atomic mass is 19.4. The number of anilines is 1. The second kappa shape index (κ2) is 10.9. The standard InChI is InChI=1S/C21H23N5O2.C2HF3O2/c22-12-16-10-11-24-21-18(20(23)27)19(25-26(16)21)15-6-8-17(9-7-15)28-13-14-4-2-1-3-5-14;3-2(4,5)1(6)7/h1-9,16,24H,10-13,22H2,(H2,23,27);(H,6,7). The van der Waals surface area contributed by atoms with Crippen LogP contribution in [0.15, 0.2) is 54.6 Å². The van der Waals surface area contributed by atoms with E-state index in [9.17, 15) is 18.0 Å². The Morgan fingerprint density at radius 3 is 2.31 bits per heavy atom. The lowest BCUT2D eigenvalue weighted by molar-refractivity contribution is -0.192. The lowest BCUT2D eigenvalue weighted by Crippen LogP contribution is -2.29. The number of benzene rings is 2. The Morgan fingerprint density at radius 1 is 1.14 bits per heavy atom. The van der Waals surface area contributed by atoms with E-state index in [-0.39, 0.29) is 6.04 Å². The number of nitrogens with two attached hydrogens (primary N) is 2. The fourth-order valence-electron chi connectivity index (χ4n) is 3.45. The first-order valence-electron chi connectivity index (χ1n) is 10.5. The van der Waals surface area contributed by atoms with Gasteiger partial charge in [-0.25, -0.2) is 9.48 Å². The largest absolute Gasteiger partial charge is 0.490 e. The molecule has 0 aliphatic carbocycles. The van der Waals surface area contributed by atoms with Crippen molar-refractivity contribution in [1.29, 1.82) is 0 Å². The quantitative estimate of drug-likeness (QED) is 0.414. The topological polar surface area (TPSA) is 145 Å². The first kappa shape index (κ1) is 25.6. The Balaban J connectivity index is 0.000000429. The number of carboxylic acids is 1. The number of carboxylic acid groups (broad SMARTS) is 1. The average molecular weight is 491 g/mol. The molecular weight excluding hydrogens is 467 g/mol. The first-order valence-corrected chi connectivity index (χ1v) is 10.5. The molecule has 9 nitrogen and oxygen atoms in total. The molecule has 0 spiro atoms. The predicted molar refractivity (Wildman–Crippen MR) is 122 cm³/mol. The van der Waals surface area contributed by atoms with E-state index in [0.29, 0.717) is 30.2 Å². The molecule has 0 saturated carbocycles. The van der Waals surface area contributed by atoms with Crippen molar-refractivity contribution >= 4 is 17.7 Å². The van der Waals surface area contributed by atoms with Crippen LogP contribution in [0.3, 0.4) is 0 Å². The number of nitrogens with one attached hydrogen (secondary N) is 1. The van der Waals surface area contributed by atoms with Crippen LogP contribution in [-0.2, 0) is 11.4 Å². The van der Waals surface area contributed by atoms with Crippen molar-refractivity contribution in [2.24, 2.45) is 11.5 Å². The van der Waals surface area contributed by atoms with E-state index in [2.05, 4.69) is 10.4 Å². The van der Waals surface area contributed by atoms with Crippen LogP contribution in [0.5, 0.6) is 5.75 Å². The van der Waals surface area contributed by atoms with Crippen LogP contribution >= 0.6 is 0 Å². The monoisotopic (exact) mass is 491 g/mol. The number of halogens is 3. The number of ether oxygens (including phenoxy) is 1. The van der Waals surface area contributed by atoms with Gasteiger partial charge in [-0.05, 0) is 36.2 Å². The van der Waals surface area contributed by atoms with Crippen molar-refractivity contribution in [2.75, 3.05) is 18.4 Å². The summed E-state index contributed by atoms with van der Waals surface area (Å²) in [5, 5.41) is 15.0. The van der Waals surface area contributed by atoms with Gasteiger partial charge in [0.25, 0.3) is 5.91 Å². The lowest BCUT2D eigenvalue weighted by Gasteiger charge is -2.24. The SMILES string of the molecule is NCC1CCNc2c(C(N)=O)c(-c3ccc(OCc4ccccc4)cc3)nn21.O=C(O)C(F)(F)F. The Morgan fingerprint density at radius 2 is 1.77 bits per heavy atom. The number of carbonyl (C=O) groups excluding carboxylic acids is 1. The predicted octanol–water partition coefficient (Wildman–Crippen LogP) is 3.18. The highest BCUT2D eigenvalue weighted by Gasteiger charge is 2.38. The van der Waals surface area contributed by atoms with E-state index < -0.39 is 18.1 Å². The van der Waals surface area contributed by atoms with Crippen LogP contribution in [0.2, 0.25) is 0 Å². The zero-order valence-electron chi connectivity index (χ0n) is 18.5. The summed E-state index contributed by atoms with van der Waals surface area (Å²) in [5.41, 5.74) is 14.4. The number of carbonyl (C=O) groups is 2. The highest BCUT2D eigenvalue weighted by Crippen LogP contribution is 2.34. The van der Waals surface area contributed by atoms with E-state index in [1.807, 2.05) is 54.6 Å². The van der Waals surface area contributed by atoms with Crippen molar-refractivity contribution in [2.45, 2.75) is 25.2 Å². The Labute approximate surface area is 198 Å². The zero-order valence-corrected chi connectivity index (χ0v) is 18.5. The number of fused-ring (bicyclic) bond motifs is 1. The van der Waals surface area contributed by atoms with E-state index in [1.54, 1.807) is 4.68 Å². The Kier molecular flexibility index (Phi) is 7.97. The molecule has 1 aliphatic heterocycles. The fraction of sp³-hybridized carbons (Fsp3) is 0.261. The van der Waals surface area contributed by atoms with Gasteiger partial charge in [0.2, 0.25) is 0 Å². The molecule has 1 atom stereocenters. The molecule has 1 amide bonds. The van der Waals surface area contributed by atoms with Gasteiger partial charge >= 0.3 is 12.1 Å². The van der Waals surface area contributed by atoms with Gasteiger partial charge in [-0.1, -0.05) is 30.3 Å². The van der Waals surface area contributed by atoms with Crippen molar-refractivity contribution in [3.05, 3.63) is 65.7 Å². The zero-order chi connectivity index (χ0) is 25.6. The molecule has 0 fully saturated rings. The van der Waals surface area contributed by atoms with Crippen molar-refractivity contribution in [3.63, 3.8) is 0 Å². The second-order valence-corrected chi connectivity index (χ2v) is 7.59. The van der Waals surface area contributed by atoms with Crippen LogP contribution in [0, 0.1) is 0 Å². The fourth-order valence-corrected chi connectivity index (χ4v) is 3.45. The summed E-state index contributed by atoms with van der Waals surface area (Å²) in [6.07, 6.45) is -4.23. The summed E-state index contributed by atoms with van der Waals surface area (Å²) < 4.78 is 39.4. The highest BCUT2D eigenvalue weighted by molar-refractivity contribution is 6.03. The molecule has 4 rings (SSSR count). The maximum atomic E-state index is 12.1. The van der Waals surface area contributed by atoms with Crippen LogP contribution < -0.4 is 21.5 Å². The van der Waals surface area contributed by atoms with Gasteiger partial charge in [0.05, 0.1) is 6.04 Å². The number of hydrogen-bond donors (Lipinski definition) is 4. The number of amides is 1. The molecular formula is C23H24F3N5O4. The molecule has 1 aromatic heterocycles. The third-order valence-corrected chi connectivity index (χ3v) is 5.16. The van der Waals surface area contributed by atoms with Crippen molar-refractivity contribution < 1.29 is 32.6 Å². The molecule has 12 heteroatoms. The minimum absolute atomic E-state index is 0.0524. The van der Waals surface area contributed by atoms with Crippen LogP contribution in [0.1, 0.15) is 28.4 Å². The molecule has 0 radical (unpaired) electrons. The molecule has 0 bridgehead atoms. The third-order valence-electron chi connectivity index (χ3n) is 5.16. The number of alkyl halides is 3. The van der Waals surface area contributed by atoms with E-state index in [4.69, 9.17) is 26.1 Å². The van der Waals surface area contributed by atoms with Crippen LogP contribution in [0.4, 0.5) is 19.0 Å². The third kappa shape index (κ3) is 6.29.